The molecule has 0 radical (unpaired) electrons. The van der Waals surface area contributed by atoms with E-state index in [1.165, 1.54) is 45.4 Å². The van der Waals surface area contributed by atoms with Gasteiger partial charge in [-0.1, -0.05) is 13.8 Å². The number of nitrogens with zero attached hydrogens (tertiary/aromatic N) is 1. The van der Waals surface area contributed by atoms with Gasteiger partial charge in [0.25, 0.3) is 0 Å². The molecule has 1 rings (SSSR count). The molecule has 1 aliphatic heterocycles. The van der Waals surface area contributed by atoms with Gasteiger partial charge in [0.15, 0.2) is 0 Å². The van der Waals surface area contributed by atoms with Crippen LogP contribution in [-0.4, -0.2) is 36.6 Å². The normalized spacial score (nSPS) is 23.8. The van der Waals surface area contributed by atoms with Crippen LogP contribution in [0.2, 0.25) is 0 Å². The second kappa shape index (κ2) is 5.86. The minimum atomic E-state index is 0.377. The minimum absolute atomic E-state index is 0.377. The van der Waals surface area contributed by atoms with Crippen LogP contribution in [0.4, 0.5) is 0 Å². The van der Waals surface area contributed by atoms with E-state index in [9.17, 15) is 0 Å². The Morgan fingerprint density at radius 3 is 2.67 bits per heavy atom. The SMILES string of the molecule is CC(C)CCN1CCCNCCC1(C)C. The quantitative estimate of drug-likeness (QED) is 0.773. The fraction of sp³-hybridized carbons (Fsp3) is 1.00. The first-order chi connectivity index (χ1) is 7.02. The maximum absolute atomic E-state index is 3.50. The molecule has 0 spiro atoms. The van der Waals surface area contributed by atoms with E-state index >= 15 is 0 Å². The van der Waals surface area contributed by atoms with Crippen molar-refractivity contribution in [3.8, 4) is 0 Å². The third-order valence-corrected chi connectivity index (χ3v) is 3.53. The molecule has 0 aliphatic carbocycles. The molecule has 0 aromatic rings. The number of nitrogens with one attached hydrogen (secondary N) is 1. The molecule has 0 unspecified atom stereocenters. The number of hydrogen-bond donors (Lipinski definition) is 1. The summed E-state index contributed by atoms with van der Waals surface area (Å²) >= 11 is 0. The zero-order chi connectivity index (χ0) is 11.3. The van der Waals surface area contributed by atoms with Crippen LogP contribution in [0.25, 0.3) is 0 Å². The fourth-order valence-corrected chi connectivity index (χ4v) is 2.20. The molecule has 1 fully saturated rings. The van der Waals surface area contributed by atoms with Crippen molar-refractivity contribution in [2.75, 3.05) is 26.2 Å². The van der Waals surface area contributed by atoms with Crippen LogP contribution in [0, 0.1) is 5.92 Å². The third kappa shape index (κ3) is 4.52. The molecule has 0 aromatic carbocycles. The van der Waals surface area contributed by atoms with Gasteiger partial charge in [-0.25, -0.2) is 0 Å². The molecule has 2 heteroatoms. The predicted octanol–water partition coefficient (Wildman–Crippen LogP) is 2.50. The van der Waals surface area contributed by atoms with Crippen LogP contribution in [0.1, 0.15) is 47.0 Å². The van der Waals surface area contributed by atoms with Gasteiger partial charge in [-0.3, -0.25) is 4.90 Å². The Hall–Kier alpha value is -0.0800. The molecule has 15 heavy (non-hydrogen) atoms. The third-order valence-electron chi connectivity index (χ3n) is 3.53. The lowest BCUT2D eigenvalue weighted by molar-refractivity contribution is 0.0951. The maximum Gasteiger partial charge on any atom is 0.0165 e. The molecule has 1 heterocycles. The van der Waals surface area contributed by atoms with Gasteiger partial charge in [0.05, 0.1) is 0 Å². The Bertz CT molecular complexity index is 175. The van der Waals surface area contributed by atoms with Crippen LogP contribution < -0.4 is 5.32 Å². The summed E-state index contributed by atoms with van der Waals surface area (Å²) in [7, 11) is 0. The van der Waals surface area contributed by atoms with E-state index in [2.05, 4.69) is 37.9 Å². The molecule has 90 valence electrons. The summed E-state index contributed by atoms with van der Waals surface area (Å²) in [5.74, 6) is 0.823. The Balaban J connectivity index is 2.47. The average molecular weight is 212 g/mol. The smallest absolute Gasteiger partial charge is 0.0165 e. The minimum Gasteiger partial charge on any atom is -0.317 e. The summed E-state index contributed by atoms with van der Waals surface area (Å²) in [6.07, 6.45) is 3.89. The van der Waals surface area contributed by atoms with Gasteiger partial charge in [0, 0.05) is 5.54 Å². The van der Waals surface area contributed by atoms with Crippen molar-refractivity contribution in [1.29, 1.82) is 0 Å². The molecule has 0 saturated carbocycles. The van der Waals surface area contributed by atoms with E-state index in [0.717, 1.165) is 5.92 Å². The monoisotopic (exact) mass is 212 g/mol. The molecule has 0 aromatic heterocycles. The summed E-state index contributed by atoms with van der Waals surface area (Å²) in [6.45, 7) is 14.3. The van der Waals surface area contributed by atoms with Crippen molar-refractivity contribution in [2.24, 2.45) is 5.92 Å². The Labute approximate surface area is 95.4 Å². The van der Waals surface area contributed by atoms with Gasteiger partial charge < -0.3 is 5.32 Å². The molecular formula is C13H28N2. The molecule has 0 amide bonds. The molecule has 1 saturated heterocycles. The van der Waals surface area contributed by atoms with Crippen molar-refractivity contribution in [3.63, 3.8) is 0 Å². The van der Waals surface area contributed by atoms with E-state index in [1.54, 1.807) is 0 Å². The first-order valence-corrected chi connectivity index (χ1v) is 6.48. The highest BCUT2D eigenvalue weighted by molar-refractivity contribution is 4.84. The lowest BCUT2D eigenvalue weighted by Gasteiger charge is -2.41. The summed E-state index contributed by atoms with van der Waals surface area (Å²) in [4.78, 5) is 2.69. The molecular weight excluding hydrogens is 184 g/mol. The topological polar surface area (TPSA) is 15.3 Å². The molecule has 2 nitrogen and oxygen atoms in total. The number of rotatable bonds is 3. The summed E-state index contributed by atoms with van der Waals surface area (Å²) < 4.78 is 0. The van der Waals surface area contributed by atoms with Crippen molar-refractivity contribution in [3.05, 3.63) is 0 Å². The zero-order valence-corrected chi connectivity index (χ0v) is 11.0. The highest BCUT2D eigenvalue weighted by atomic mass is 15.2. The lowest BCUT2D eigenvalue weighted by Crippen LogP contribution is -2.49. The first-order valence-electron chi connectivity index (χ1n) is 6.48. The predicted molar refractivity (Wildman–Crippen MR) is 67.2 cm³/mol. The second-order valence-electron chi connectivity index (χ2n) is 5.84. The van der Waals surface area contributed by atoms with E-state index in [0.29, 0.717) is 5.54 Å². The molecule has 1 aliphatic rings. The van der Waals surface area contributed by atoms with Crippen LogP contribution >= 0.6 is 0 Å². The van der Waals surface area contributed by atoms with Crippen molar-refractivity contribution in [2.45, 2.75) is 52.5 Å². The van der Waals surface area contributed by atoms with Gasteiger partial charge >= 0.3 is 0 Å². The van der Waals surface area contributed by atoms with Crippen molar-refractivity contribution < 1.29 is 0 Å². The fourth-order valence-electron chi connectivity index (χ4n) is 2.20. The highest BCUT2D eigenvalue weighted by Crippen LogP contribution is 2.21. The summed E-state index contributed by atoms with van der Waals surface area (Å²) in [5, 5.41) is 3.50. The Morgan fingerprint density at radius 2 is 2.00 bits per heavy atom. The van der Waals surface area contributed by atoms with Crippen molar-refractivity contribution in [1.82, 2.24) is 10.2 Å². The summed E-state index contributed by atoms with van der Waals surface area (Å²) in [6, 6.07) is 0. The van der Waals surface area contributed by atoms with Crippen LogP contribution in [-0.2, 0) is 0 Å². The van der Waals surface area contributed by atoms with Crippen LogP contribution in [0.15, 0.2) is 0 Å². The molecule has 1 N–H and O–H groups in total. The van der Waals surface area contributed by atoms with Gasteiger partial charge in [0.1, 0.15) is 0 Å². The average Bonchev–Trinajstić information content (AvgIpc) is 2.11. The van der Waals surface area contributed by atoms with E-state index in [1.807, 2.05) is 0 Å². The lowest BCUT2D eigenvalue weighted by atomic mass is 9.95. The van der Waals surface area contributed by atoms with E-state index in [4.69, 9.17) is 0 Å². The molecule has 0 bridgehead atoms. The van der Waals surface area contributed by atoms with E-state index in [-0.39, 0.29) is 0 Å². The zero-order valence-electron chi connectivity index (χ0n) is 11.0. The van der Waals surface area contributed by atoms with Gasteiger partial charge in [-0.05, 0) is 65.2 Å². The largest absolute Gasteiger partial charge is 0.317 e. The van der Waals surface area contributed by atoms with Gasteiger partial charge in [-0.15, -0.1) is 0 Å². The van der Waals surface area contributed by atoms with Gasteiger partial charge in [0.2, 0.25) is 0 Å². The van der Waals surface area contributed by atoms with E-state index < -0.39 is 0 Å². The second-order valence-corrected chi connectivity index (χ2v) is 5.84. The summed E-state index contributed by atoms with van der Waals surface area (Å²) in [5.41, 5.74) is 0.377. The standard InChI is InChI=1S/C13H28N2/c1-12(2)6-11-15-10-5-8-14-9-7-13(15,3)4/h12,14H,5-11H2,1-4H3. The Kier molecular flexibility index (Phi) is 5.07. The van der Waals surface area contributed by atoms with Crippen LogP contribution in [0.3, 0.4) is 0 Å². The van der Waals surface area contributed by atoms with Gasteiger partial charge in [-0.2, -0.15) is 0 Å². The van der Waals surface area contributed by atoms with Crippen molar-refractivity contribution >= 4 is 0 Å². The Morgan fingerprint density at radius 1 is 1.27 bits per heavy atom. The maximum atomic E-state index is 3.50. The highest BCUT2D eigenvalue weighted by Gasteiger charge is 2.26. The van der Waals surface area contributed by atoms with Crippen LogP contribution in [0.5, 0.6) is 0 Å². The first kappa shape index (κ1) is 13.0. The molecule has 0 atom stereocenters. The number of hydrogen-bond acceptors (Lipinski definition) is 2.